The van der Waals surface area contributed by atoms with Crippen LogP contribution in [-0.4, -0.2) is 27.8 Å². The molecule has 2 fully saturated rings. The molecule has 2 aromatic rings. The molecule has 1 aromatic heterocycles. The van der Waals surface area contributed by atoms with E-state index in [0.29, 0.717) is 28.1 Å². The summed E-state index contributed by atoms with van der Waals surface area (Å²) >= 11 is 6.08. The first-order valence-corrected chi connectivity index (χ1v) is 11.2. The van der Waals surface area contributed by atoms with Gasteiger partial charge in [-0.3, -0.25) is 9.48 Å². The molecule has 0 spiro atoms. The Morgan fingerprint density at radius 1 is 1.13 bits per heavy atom. The van der Waals surface area contributed by atoms with Gasteiger partial charge in [-0.05, 0) is 56.7 Å². The Hall–Kier alpha value is -2.52. The van der Waals surface area contributed by atoms with Crippen molar-refractivity contribution < 1.29 is 9.53 Å². The summed E-state index contributed by atoms with van der Waals surface area (Å²) < 4.78 is 8.00. The van der Waals surface area contributed by atoms with Crippen molar-refractivity contribution in [3.8, 4) is 11.8 Å². The van der Waals surface area contributed by atoms with Crippen LogP contribution >= 0.6 is 11.6 Å². The van der Waals surface area contributed by atoms with E-state index in [1.165, 1.54) is 19.3 Å². The molecule has 2 aliphatic carbocycles. The molecule has 1 N–H and O–H groups in total. The van der Waals surface area contributed by atoms with Crippen LogP contribution < -0.4 is 10.1 Å². The summed E-state index contributed by atoms with van der Waals surface area (Å²) in [7, 11) is 0. The second-order valence-corrected chi connectivity index (χ2v) is 8.70. The molecule has 0 aliphatic heterocycles. The van der Waals surface area contributed by atoms with Gasteiger partial charge in [0.2, 0.25) is 0 Å². The first kappa shape index (κ1) is 20.7. The van der Waals surface area contributed by atoms with Crippen LogP contribution in [0.1, 0.15) is 79.9 Å². The number of nitrogens with one attached hydrogen (secondary N) is 1. The molecule has 1 aromatic carbocycles. The molecule has 0 unspecified atom stereocenters. The van der Waals surface area contributed by atoms with E-state index in [0.717, 1.165) is 38.5 Å². The molecule has 6 nitrogen and oxygen atoms in total. The van der Waals surface area contributed by atoms with E-state index in [1.54, 1.807) is 18.2 Å². The van der Waals surface area contributed by atoms with Crippen molar-refractivity contribution in [2.45, 2.75) is 76.0 Å². The smallest absolute Gasteiger partial charge is 0.271 e. The summed E-state index contributed by atoms with van der Waals surface area (Å²) in [5.41, 5.74) is 0.951. The lowest BCUT2D eigenvalue weighted by Crippen LogP contribution is -2.39. The SMILES string of the molecule is N#Cc1ccc(O[C@H]2CC[C@H](NC(=O)c3ccn(C4CCCCC4)n3)CC2)cc1Cl. The van der Waals surface area contributed by atoms with Crippen LogP contribution in [0.4, 0.5) is 0 Å². The third kappa shape index (κ3) is 4.96. The van der Waals surface area contributed by atoms with E-state index in [4.69, 9.17) is 21.6 Å². The summed E-state index contributed by atoms with van der Waals surface area (Å²) in [6, 6.07) is 9.60. The van der Waals surface area contributed by atoms with Crippen molar-refractivity contribution in [3.63, 3.8) is 0 Å². The largest absolute Gasteiger partial charge is 0.490 e. The quantitative estimate of drug-likeness (QED) is 0.726. The number of nitrogens with zero attached hydrogens (tertiary/aromatic N) is 3. The van der Waals surface area contributed by atoms with Crippen LogP contribution in [0.15, 0.2) is 30.5 Å². The molecule has 158 valence electrons. The Labute approximate surface area is 182 Å². The van der Waals surface area contributed by atoms with E-state index in [2.05, 4.69) is 10.4 Å². The van der Waals surface area contributed by atoms with Crippen molar-refractivity contribution in [2.24, 2.45) is 0 Å². The van der Waals surface area contributed by atoms with Crippen LogP contribution in [0.5, 0.6) is 5.75 Å². The molecule has 0 saturated heterocycles. The van der Waals surface area contributed by atoms with Crippen LogP contribution in [-0.2, 0) is 0 Å². The maximum atomic E-state index is 12.6. The van der Waals surface area contributed by atoms with E-state index >= 15 is 0 Å². The fraction of sp³-hybridized carbons (Fsp3) is 0.522. The molecule has 2 saturated carbocycles. The van der Waals surface area contributed by atoms with Gasteiger partial charge in [-0.1, -0.05) is 30.9 Å². The lowest BCUT2D eigenvalue weighted by Gasteiger charge is -2.29. The Morgan fingerprint density at radius 2 is 1.90 bits per heavy atom. The number of hydrogen-bond acceptors (Lipinski definition) is 4. The summed E-state index contributed by atoms with van der Waals surface area (Å²) in [6.07, 6.45) is 11.6. The fourth-order valence-corrected chi connectivity index (χ4v) is 4.66. The Morgan fingerprint density at radius 3 is 2.60 bits per heavy atom. The maximum Gasteiger partial charge on any atom is 0.271 e. The highest BCUT2D eigenvalue weighted by Gasteiger charge is 2.25. The molecule has 0 atom stereocenters. The number of carbonyl (C=O) groups is 1. The predicted octanol–water partition coefficient (Wildman–Crippen LogP) is 5.03. The van der Waals surface area contributed by atoms with Gasteiger partial charge in [-0.2, -0.15) is 10.4 Å². The first-order chi connectivity index (χ1) is 14.6. The zero-order chi connectivity index (χ0) is 20.9. The number of halogens is 1. The normalized spacial score (nSPS) is 22.3. The van der Waals surface area contributed by atoms with E-state index < -0.39 is 0 Å². The van der Waals surface area contributed by atoms with Crippen molar-refractivity contribution in [1.82, 2.24) is 15.1 Å². The van der Waals surface area contributed by atoms with Crippen LogP contribution in [0.3, 0.4) is 0 Å². The number of carbonyl (C=O) groups excluding carboxylic acids is 1. The minimum absolute atomic E-state index is 0.0900. The van der Waals surface area contributed by atoms with Gasteiger partial charge in [0.25, 0.3) is 5.91 Å². The van der Waals surface area contributed by atoms with Gasteiger partial charge in [0.15, 0.2) is 0 Å². The molecule has 7 heteroatoms. The highest BCUT2D eigenvalue weighted by Crippen LogP contribution is 2.28. The lowest BCUT2D eigenvalue weighted by molar-refractivity contribution is 0.0887. The molecule has 0 radical (unpaired) electrons. The van der Waals surface area contributed by atoms with Gasteiger partial charge in [0.05, 0.1) is 22.7 Å². The number of nitriles is 1. The zero-order valence-electron chi connectivity index (χ0n) is 17.0. The number of rotatable bonds is 5. The van der Waals surface area contributed by atoms with E-state index in [9.17, 15) is 4.79 Å². The van der Waals surface area contributed by atoms with Crippen molar-refractivity contribution in [1.29, 1.82) is 5.26 Å². The highest BCUT2D eigenvalue weighted by atomic mass is 35.5. The predicted molar refractivity (Wildman–Crippen MR) is 115 cm³/mol. The summed E-state index contributed by atoms with van der Waals surface area (Å²) in [6.45, 7) is 0. The number of aromatic nitrogens is 2. The average molecular weight is 427 g/mol. The molecule has 30 heavy (non-hydrogen) atoms. The molecule has 1 heterocycles. The zero-order valence-corrected chi connectivity index (χ0v) is 17.8. The highest BCUT2D eigenvalue weighted by molar-refractivity contribution is 6.31. The minimum Gasteiger partial charge on any atom is -0.490 e. The Kier molecular flexibility index (Phi) is 6.59. The van der Waals surface area contributed by atoms with Crippen LogP contribution in [0, 0.1) is 11.3 Å². The number of ether oxygens (including phenoxy) is 1. The summed E-state index contributed by atoms with van der Waals surface area (Å²) in [5, 5.41) is 17.0. The summed E-state index contributed by atoms with van der Waals surface area (Å²) in [4.78, 5) is 12.6. The van der Waals surface area contributed by atoms with E-state index in [1.807, 2.05) is 23.0 Å². The lowest BCUT2D eigenvalue weighted by atomic mass is 9.93. The Balaban J connectivity index is 1.25. The molecular weight excluding hydrogens is 400 g/mol. The molecule has 4 rings (SSSR count). The van der Waals surface area contributed by atoms with Gasteiger partial charge < -0.3 is 10.1 Å². The Bertz CT molecular complexity index is 922. The third-order valence-corrected chi connectivity index (χ3v) is 6.48. The monoisotopic (exact) mass is 426 g/mol. The van der Waals surface area contributed by atoms with Crippen molar-refractivity contribution in [2.75, 3.05) is 0 Å². The standard InChI is InChI=1S/C23H27ClN4O2/c24-21-14-20(9-6-16(21)15-25)30-19-10-7-17(8-11-19)26-23(29)22-12-13-28(27-22)18-4-2-1-3-5-18/h6,9,12-14,17-19H,1-5,7-8,10-11H2,(H,26,29)/t17-,19-. The third-order valence-electron chi connectivity index (χ3n) is 6.16. The second-order valence-electron chi connectivity index (χ2n) is 8.29. The molecule has 1 amide bonds. The average Bonchev–Trinajstić information content (AvgIpc) is 3.26. The fourth-order valence-electron chi connectivity index (χ4n) is 4.44. The number of hydrogen-bond donors (Lipinski definition) is 1. The van der Waals surface area contributed by atoms with Gasteiger partial charge >= 0.3 is 0 Å². The second kappa shape index (κ2) is 9.53. The summed E-state index contributed by atoms with van der Waals surface area (Å²) in [5.74, 6) is 0.590. The van der Waals surface area contributed by atoms with Gasteiger partial charge in [0, 0.05) is 18.3 Å². The first-order valence-electron chi connectivity index (χ1n) is 10.8. The molecular formula is C23H27ClN4O2. The van der Waals surface area contributed by atoms with Crippen LogP contribution in [0.2, 0.25) is 5.02 Å². The van der Waals surface area contributed by atoms with Gasteiger partial charge in [0.1, 0.15) is 17.5 Å². The van der Waals surface area contributed by atoms with Crippen molar-refractivity contribution >= 4 is 17.5 Å². The number of benzene rings is 1. The molecule has 2 aliphatic rings. The van der Waals surface area contributed by atoms with Gasteiger partial charge in [-0.25, -0.2) is 0 Å². The van der Waals surface area contributed by atoms with Crippen molar-refractivity contribution in [3.05, 3.63) is 46.7 Å². The van der Waals surface area contributed by atoms with Gasteiger partial charge in [-0.15, -0.1) is 0 Å². The van der Waals surface area contributed by atoms with E-state index in [-0.39, 0.29) is 18.1 Å². The topological polar surface area (TPSA) is 79.9 Å². The van der Waals surface area contributed by atoms with Crippen LogP contribution in [0.25, 0.3) is 0 Å². The maximum absolute atomic E-state index is 12.6. The minimum atomic E-state index is -0.0900. The number of amides is 1. The molecule has 0 bridgehead atoms.